The van der Waals surface area contributed by atoms with Crippen LogP contribution in [0.3, 0.4) is 0 Å². The summed E-state index contributed by atoms with van der Waals surface area (Å²) in [6, 6.07) is 23.9. The highest BCUT2D eigenvalue weighted by Gasteiger charge is 2.08. The predicted molar refractivity (Wildman–Crippen MR) is 109 cm³/mol. The van der Waals surface area contributed by atoms with E-state index in [0.717, 1.165) is 37.5 Å². The molecule has 5 heteroatoms. The molecule has 0 saturated heterocycles. The minimum atomic E-state index is 0.836. The molecule has 0 amide bonds. The van der Waals surface area contributed by atoms with Crippen LogP contribution in [0.25, 0.3) is 22.5 Å². The number of pyridine rings is 3. The second-order valence-corrected chi connectivity index (χ2v) is 7.10. The van der Waals surface area contributed by atoms with Crippen molar-refractivity contribution in [2.45, 2.75) is 14.9 Å². The smallest absolute Gasteiger partial charge is 0.103 e. The summed E-state index contributed by atoms with van der Waals surface area (Å²) in [6.45, 7) is 0. The third-order valence-electron chi connectivity index (χ3n) is 3.81. The van der Waals surface area contributed by atoms with Crippen LogP contribution >= 0.6 is 24.4 Å². The highest BCUT2D eigenvalue weighted by Crippen LogP contribution is 2.30. The van der Waals surface area contributed by atoms with Crippen molar-refractivity contribution < 1.29 is 0 Å². The van der Waals surface area contributed by atoms with Crippen LogP contribution in [-0.2, 0) is 0 Å². The molecule has 0 N–H and O–H groups in total. The predicted octanol–water partition coefficient (Wildman–Crippen LogP) is 5.65. The van der Waals surface area contributed by atoms with Gasteiger partial charge in [0, 0.05) is 17.3 Å². The van der Waals surface area contributed by atoms with Gasteiger partial charge in [-0.05, 0) is 53.6 Å². The molecular formula is C21H15N3S2. The van der Waals surface area contributed by atoms with E-state index in [0.29, 0.717) is 0 Å². The van der Waals surface area contributed by atoms with Gasteiger partial charge in [0.05, 0.1) is 11.4 Å². The minimum Gasteiger partial charge on any atom is -0.255 e. The van der Waals surface area contributed by atoms with E-state index in [9.17, 15) is 0 Å². The molecular weight excluding hydrogens is 358 g/mol. The van der Waals surface area contributed by atoms with Crippen molar-refractivity contribution in [2.75, 3.05) is 0 Å². The van der Waals surface area contributed by atoms with Crippen LogP contribution in [0.5, 0.6) is 0 Å². The average Bonchev–Trinajstić information content (AvgIpc) is 2.69. The minimum absolute atomic E-state index is 0.836. The molecule has 0 fully saturated rings. The molecule has 0 bridgehead atoms. The van der Waals surface area contributed by atoms with E-state index < -0.39 is 0 Å². The molecule has 126 valence electrons. The first-order chi connectivity index (χ1) is 12.8. The Balaban J connectivity index is 1.67. The van der Waals surface area contributed by atoms with Crippen molar-refractivity contribution in [3.63, 3.8) is 0 Å². The second-order valence-electron chi connectivity index (χ2n) is 5.58. The molecule has 1 aromatic carbocycles. The fraction of sp³-hybridized carbons (Fsp3) is 0. The summed E-state index contributed by atoms with van der Waals surface area (Å²) in [6.07, 6.45) is 3.59. The van der Waals surface area contributed by atoms with Gasteiger partial charge in [0.15, 0.2) is 0 Å². The van der Waals surface area contributed by atoms with E-state index >= 15 is 0 Å². The normalized spacial score (nSPS) is 10.7. The Morgan fingerprint density at radius 2 is 1.54 bits per heavy atom. The molecule has 0 radical (unpaired) electrons. The van der Waals surface area contributed by atoms with Crippen LogP contribution in [0, 0.1) is 0 Å². The van der Waals surface area contributed by atoms with Gasteiger partial charge in [-0.15, -0.1) is 12.6 Å². The van der Waals surface area contributed by atoms with Gasteiger partial charge in [-0.2, -0.15) is 0 Å². The third-order valence-corrected chi connectivity index (χ3v) is 5.08. The summed E-state index contributed by atoms with van der Waals surface area (Å²) < 4.78 is 0. The van der Waals surface area contributed by atoms with Crippen molar-refractivity contribution in [1.82, 2.24) is 15.0 Å². The van der Waals surface area contributed by atoms with Crippen LogP contribution in [-0.4, -0.2) is 15.0 Å². The first kappa shape index (κ1) is 16.8. The molecule has 3 heterocycles. The zero-order valence-electron chi connectivity index (χ0n) is 13.8. The van der Waals surface area contributed by atoms with Gasteiger partial charge in [-0.1, -0.05) is 42.1 Å². The number of rotatable bonds is 4. The lowest BCUT2D eigenvalue weighted by atomic mass is 10.1. The van der Waals surface area contributed by atoms with Crippen LogP contribution in [0.15, 0.2) is 100 Å². The van der Waals surface area contributed by atoms with Crippen molar-refractivity contribution >= 4 is 24.4 Å². The zero-order valence-corrected chi connectivity index (χ0v) is 15.5. The van der Waals surface area contributed by atoms with E-state index in [1.165, 1.54) is 11.8 Å². The lowest BCUT2D eigenvalue weighted by Crippen LogP contribution is -1.90. The molecule has 0 spiro atoms. The second kappa shape index (κ2) is 7.72. The molecule has 0 atom stereocenters. The van der Waals surface area contributed by atoms with E-state index in [4.69, 9.17) is 4.98 Å². The van der Waals surface area contributed by atoms with Crippen LogP contribution in [0.4, 0.5) is 0 Å². The Labute approximate surface area is 162 Å². The highest BCUT2D eigenvalue weighted by atomic mass is 32.2. The van der Waals surface area contributed by atoms with Crippen molar-refractivity contribution in [1.29, 1.82) is 0 Å². The lowest BCUT2D eigenvalue weighted by molar-refractivity contribution is 1.09. The summed E-state index contributed by atoms with van der Waals surface area (Å²) in [5.74, 6) is 0. The molecule has 0 aliphatic heterocycles. The van der Waals surface area contributed by atoms with Crippen molar-refractivity contribution in [2.24, 2.45) is 0 Å². The molecule has 26 heavy (non-hydrogen) atoms. The molecule has 3 nitrogen and oxygen atoms in total. The summed E-state index contributed by atoms with van der Waals surface area (Å²) in [5.41, 5.74) is 3.83. The maximum absolute atomic E-state index is 4.74. The third kappa shape index (κ3) is 3.79. The largest absolute Gasteiger partial charge is 0.255 e. The summed E-state index contributed by atoms with van der Waals surface area (Å²) in [7, 11) is 0. The Bertz CT molecular complexity index is 1040. The number of aromatic nitrogens is 3. The average molecular weight is 374 g/mol. The molecule has 4 rings (SSSR count). The Kier molecular flexibility index (Phi) is 5.00. The molecule has 0 saturated carbocycles. The number of hydrogen-bond acceptors (Lipinski definition) is 5. The Hall–Kier alpha value is -2.63. The van der Waals surface area contributed by atoms with Gasteiger partial charge < -0.3 is 0 Å². The lowest BCUT2D eigenvalue weighted by Gasteiger charge is -2.08. The first-order valence-electron chi connectivity index (χ1n) is 8.10. The van der Waals surface area contributed by atoms with Gasteiger partial charge >= 0.3 is 0 Å². The fourth-order valence-electron chi connectivity index (χ4n) is 2.58. The molecule has 0 aliphatic carbocycles. The van der Waals surface area contributed by atoms with Gasteiger partial charge in [-0.25, -0.2) is 9.97 Å². The van der Waals surface area contributed by atoms with E-state index in [1.54, 1.807) is 6.20 Å². The number of benzene rings is 1. The summed E-state index contributed by atoms with van der Waals surface area (Å²) in [5, 5.41) is 1.81. The fourth-order valence-corrected chi connectivity index (χ4v) is 3.64. The van der Waals surface area contributed by atoms with E-state index in [-0.39, 0.29) is 0 Å². The summed E-state index contributed by atoms with van der Waals surface area (Å²) in [4.78, 5) is 14.5. The van der Waals surface area contributed by atoms with Crippen LogP contribution < -0.4 is 0 Å². The van der Waals surface area contributed by atoms with Crippen molar-refractivity contribution in [3.8, 4) is 22.5 Å². The first-order valence-corrected chi connectivity index (χ1v) is 9.37. The van der Waals surface area contributed by atoms with Crippen LogP contribution in [0.2, 0.25) is 0 Å². The van der Waals surface area contributed by atoms with Crippen molar-refractivity contribution in [3.05, 3.63) is 85.2 Å². The Morgan fingerprint density at radius 3 is 2.38 bits per heavy atom. The number of hydrogen-bond donors (Lipinski definition) is 1. The zero-order chi connectivity index (χ0) is 17.8. The summed E-state index contributed by atoms with van der Waals surface area (Å²) >= 11 is 6.09. The standard InChI is InChI=1S/C21H15N3S2/c25-19-8-2-1-6-16(19)15-11-13-22-18(14-15)17-7-5-10-21(24-17)26-20-9-3-4-12-23-20/h1-14,25H. The van der Waals surface area contributed by atoms with E-state index in [2.05, 4.69) is 28.7 Å². The van der Waals surface area contributed by atoms with E-state index in [1.807, 2.05) is 72.9 Å². The molecule has 3 aromatic heterocycles. The number of thiol groups is 1. The van der Waals surface area contributed by atoms with Gasteiger partial charge in [-0.3, -0.25) is 4.98 Å². The van der Waals surface area contributed by atoms with Crippen LogP contribution in [0.1, 0.15) is 0 Å². The molecule has 0 unspecified atom stereocenters. The Morgan fingerprint density at radius 1 is 0.692 bits per heavy atom. The monoisotopic (exact) mass is 373 g/mol. The maximum atomic E-state index is 4.74. The maximum Gasteiger partial charge on any atom is 0.103 e. The highest BCUT2D eigenvalue weighted by molar-refractivity contribution is 7.99. The molecule has 4 aromatic rings. The quantitative estimate of drug-likeness (QED) is 0.470. The number of nitrogens with zero attached hydrogens (tertiary/aromatic N) is 3. The van der Waals surface area contributed by atoms with Gasteiger partial charge in [0.2, 0.25) is 0 Å². The SMILES string of the molecule is Sc1ccccc1-c1ccnc(-c2cccc(Sc3ccccn3)n2)c1. The topological polar surface area (TPSA) is 38.7 Å². The van der Waals surface area contributed by atoms with Gasteiger partial charge in [0.25, 0.3) is 0 Å². The molecule has 0 aliphatic rings. The van der Waals surface area contributed by atoms with Gasteiger partial charge in [0.1, 0.15) is 10.1 Å².